The summed E-state index contributed by atoms with van der Waals surface area (Å²) in [6, 6.07) is 7.89. The minimum atomic E-state index is -0.951. The van der Waals surface area contributed by atoms with E-state index in [0.29, 0.717) is 23.9 Å². The van der Waals surface area contributed by atoms with E-state index in [4.69, 9.17) is 0 Å². The number of carbonyl (C=O) groups is 2. The topological polar surface area (TPSA) is 76.0 Å². The van der Waals surface area contributed by atoms with Crippen LogP contribution in [0.5, 0.6) is 0 Å². The largest absolute Gasteiger partial charge is 0.352 e. The van der Waals surface area contributed by atoms with Gasteiger partial charge in [0.2, 0.25) is 5.91 Å². The predicted octanol–water partition coefficient (Wildman–Crippen LogP) is 3.25. The molecule has 31 heavy (non-hydrogen) atoms. The summed E-state index contributed by atoms with van der Waals surface area (Å²) in [6.45, 7) is 0.132. The molecule has 6 nitrogen and oxygen atoms in total. The Kier molecular flexibility index (Phi) is 7.07. The molecule has 1 heterocycles. The molecule has 0 aliphatic rings. The Bertz CT molecular complexity index is 1070. The molecular formula is C22H21F3N4O2. The zero-order chi connectivity index (χ0) is 22.4. The van der Waals surface area contributed by atoms with E-state index in [2.05, 4.69) is 15.6 Å². The van der Waals surface area contributed by atoms with Crippen molar-refractivity contribution < 1.29 is 22.8 Å². The van der Waals surface area contributed by atoms with Crippen LogP contribution in [0.4, 0.5) is 13.2 Å². The molecule has 0 fully saturated rings. The highest BCUT2D eigenvalue weighted by Crippen LogP contribution is 2.21. The molecule has 3 aromatic rings. The average Bonchev–Trinajstić information content (AvgIpc) is 3.15. The highest BCUT2D eigenvalue weighted by atomic mass is 19.1. The Balaban J connectivity index is 1.56. The number of nitrogens with zero attached hydrogens (tertiary/aromatic N) is 2. The molecule has 2 amide bonds. The van der Waals surface area contributed by atoms with Crippen LogP contribution in [-0.2, 0) is 11.8 Å². The van der Waals surface area contributed by atoms with E-state index in [1.54, 1.807) is 36.1 Å². The van der Waals surface area contributed by atoms with Gasteiger partial charge in [0.15, 0.2) is 0 Å². The number of aryl methyl sites for hydroxylation is 1. The first-order chi connectivity index (χ1) is 14.8. The fourth-order valence-corrected chi connectivity index (χ4v) is 3.06. The maximum Gasteiger partial charge on any atom is 0.254 e. The van der Waals surface area contributed by atoms with Gasteiger partial charge in [0.25, 0.3) is 5.91 Å². The Labute approximate surface area is 177 Å². The molecule has 0 aliphatic carbocycles. The van der Waals surface area contributed by atoms with Crippen LogP contribution in [0.1, 0.15) is 40.6 Å². The molecule has 0 bridgehead atoms. The van der Waals surface area contributed by atoms with Crippen molar-refractivity contribution in [3.8, 4) is 0 Å². The third kappa shape index (κ3) is 5.71. The zero-order valence-electron chi connectivity index (χ0n) is 16.7. The summed E-state index contributed by atoms with van der Waals surface area (Å²) in [7, 11) is 1.79. The lowest BCUT2D eigenvalue weighted by molar-refractivity contribution is -0.121. The Hall–Kier alpha value is -3.62. The van der Waals surface area contributed by atoms with Gasteiger partial charge < -0.3 is 15.2 Å². The summed E-state index contributed by atoms with van der Waals surface area (Å²) in [4.78, 5) is 28.7. The van der Waals surface area contributed by atoms with Crippen LogP contribution in [-0.4, -0.2) is 27.9 Å². The standard InChI is InChI=1S/C22H21F3N4O2/c1-29-12-11-26-21(29)20(14-4-6-15(23)7-5-14)28-19(30)3-2-10-27-22(31)17-9-8-16(24)13-18(17)25/h4-9,11-13,20H,2-3,10H2,1H3,(H,27,31)(H,28,30). The molecule has 9 heteroatoms. The second-order valence-electron chi connectivity index (χ2n) is 6.93. The maximum absolute atomic E-state index is 13.6. The van der Waals surface area contributed by atoms with Gasteiger partial charge in [-0.1, -0.05) is 12.1 Å². The highest BCUT2D eigenvalue weighted by molar-refractivity contribution is 5.94. The lowest BCUT2D eigenvalue weighted by atomic mass is 10.1. The SMILES string of the molecule is Cn1ccnc1C(NC(=O)CCCNC(=O)c1ccc(F)cc1F)c1ccc(F)cc1. The summed E-state index contributed by atoms with van der Waals surface area (Å²) in [5, 5.41) is 5.38. The van der Waals surface area contributed by atoms with Gasteiger partial charge in [0, 0.05) is 38.5 Å². The average molecular weight is 430 g/mol. The molecule has 0 spiro atoms. The molecule has 2 aromatic carbocycles. The van der Waals surface area contributed by atoms with Crippen molar-refractivity contribution in [3.63, 3.8) is 0 Å². The Morgan fingerprint density at radius 3 is 2.42 bits per heavy atom. The van der Waals surface area contributed by atoms with Crippen molar-refractivity contribution in [2.75, 3.05) is 6.54 Å². The van der Waals surface area contributed by atoms with Crippen LogP contribution in [0.25, 0.3) is 0 Å². The van der Waals surface area contributed by atoms with Crippen molar-refractivity contribution in [2.45, 2.75) is 18.9 Å². The molecule has 1 unspecified atom stereocenters. The molecule has 0 saturated carbocycles. The number of halogens is 3. The first kappa shape index (κ1) is 22.1. The molecule has 0 radical (unpaired) electrons. The van der Waals surface area contributed by atoms with Crippen molar-refractivity contribution >= 4 is 11.8 Å². The van der Waals surface area contributed by atoms with Crippen molar-refractivity contribution in [2.24, 2.45) is 7.05 Å². The molecule has 0 saturated heterocycles. The number of nitrogens with one attached hydrogen (secondary N) is 2. The number of carbonyl (C=O) groups excluding carboxylic acids is 2. The fraction of sp³-hybridized carbons (Fsp3) is 0.227. The van der Waals surface area contributed by atoms with E-state index >= 15 is 0 Å². The summed E-state index contributed by atoms with van der Waals surface area (Å²) in [5.74, 6) is -2.50. The van der Waals surface area contributed by atoms with Gasteiger partial charge in [-0.15, -0.1) is 0 Å². The van der Waals surface area contributed by atoms with Crippen LogP contribution >= 0.6 is 0 Å². The molecule has 1 atom stereocenters. The van der Waals surface area contributed by atoms with Crippen LogP contribution in [0.3, 0.4) is 0 Å². The molecule has 3 rings (SSSR count). The van der Waals surface area contributed by atoms with Gasteiger partial charge in [-0.05, 0) is 36.2 Å². The monoisotopic (exact) mass is 430 g/mol. The molecule has 162 valence electrons. The lowest BCUT2D eigenvalue weighted by Crippen LogP contribution is -2.32. The summed E-state index contributed by atoms with van der Waals surface area (Å²) < 4.78 is 41.6. The minimum absolute atomic E-state index is 0.0916. The predicted molar refractivity (Wildman–Crippen MR) is 108 cm³/mol. The summed E-state index contributed by atoms with van der Waals surface area (Å²) >= 11 is 0. The van der Waals surface area contributed by atoms with E-state index in [1.165, 1.54) is 12.1 Å². The molecule has 0 aliphatic heterocycles. The molecule has 1 aromatic heterocycles. The normalized spacial score (nSPS) is 11.7. The lowest BCUT2D eigenvalue weighted by Gasteiger charge is -2.19. The summed E-state index contributed by atoms with van der Waals surface area (Å²) in [5.41, 5.74) is 0.404. The second-order valence-corrected chi connectivity index (χ2v) is 6.93. The van der Waals surface area contributed by atoms with Gasteiger partial charge in [0.1, 0.15) is 29.3 Å². The third-order valence-electron chi connectivity index (χ3n) is 4.67. The third-order valence-corrected chi connectivity index (χ3v) is 4.67. The van der Waals surface area contributed by atoms with Gasteiger partial charge in [-0.2, -0.15) is 0 Å². The van der Waals surface area contributed by atoms with Crippen molar-refractivity contribution in [1.29, 1.82) is 0 Å². The van der Waals surface area contributed by atoms with Crippen LogP contribution in [0.2, 0.25) is 0 Å². The number of hydrogen-bond donors (Lipinski definition) is 2. The Morgan fingerprint density at radius 1 is 1.06 bits per heavy atom. The van der Waals surface area contributed by atoms with Gasteiger partial charge in [0.05, 0.1) is 5.56 Å². The highest BCUT2D eigenvalue weighted by Gasteiger charge is 2.21. The number of imidazole rings is 1. The maximum atomic E-state index is 13.6. The smallest absolute Gasteiger partial charge is 0.254 e. The second kappa shape index (κ2) is 9.92. The van der Waals surface area contributed by atoms with Crippen LogP contribution < -0.4 is 10.6 Å². The number of benzene rings is 2. The quantitative estimate of drug-likeness (QED) is 0.539. The van der Waals surface area contributed by atoms with E-state index in [0.717, 1.165) is 12.1 Å². The molecule has 2 N–H and O–H groups in total. The zero-order valence-corrected chi connectivity index (χ0v) is 16.7. The first-order valence-corrected chi connectivity index (χ1v) is 9.60. The van der Waals surface area contributed by atoms with E-state index in [1.807, 2.05) is 0 Å². The number of hydrogen-bond acceptors (Lipinski definition) is 3. The molecular weight excluding hydrogens is 409 g/mol. The van der Waals surface area contributed by atoms with E-state index in [-0.39, 0.29) is 30.3 Å². The summed E-state index contributed by atoms with van der Waals surface area (Å²) in [6.07, 6.45) is 3.73. The van der Waals surface area contributed by atoms with Crippen LogP contribution in [0.15, 0.2) is 54.9 Å². The number of rotatable bonds is 8. The minimum Gasteiger partial charge on any atom is -0.352 e. The van der Waals surface area contributed by atoms with E-state index in [9.17, 15) is 22.8 Å². The van der Waals surface area contributed by atoms with E-state index < -0.39 is 23.6 Å². The number of amides is 2. The van der Waals surface area contributed by atoms with Gasteiger partial charge in [-0.3, -0.25) is 9.59 Å². The number of aromatic nitrogens is 2. The Morgan fingerprint density at radius 2 is 1.77 bits per heavy atom. The van der Waals surface area contributed by atoms with Gasteiger partial charge >= 0.3 is 0 Å². The van der Waals surface area contributed by atoms with Crippen LogP contribution in [0, 0.1) is 17.5 Å². The van der Waals surface area contributed by atoms with Crippen molar-refractivity contribution in [1.82, 2.24) is 20.2 Å². The fourth-order valence-electron chi connectivity index (χ4n) is 3.06. The first-order valence-electron chi connectivity index (χ1n) is 9.60. The van der Waals surface area contributed by atoms with Gasteiger partial charge in [-0.25, -0.2) is 18.2 Å². The van der Waals surface area contributed by atoms with Crippen molar-refractivity contribution in [3.05, 3.63) is 89.3 Å².